The van der Waals surface area contributed by atoms with Crippen LogP contribution in [0.2, 0.25) is 0 Å². The summed E-state index contributed by atoms with van der Waals surface area (Å²) in [5, 5.41) is 6.49. The van der Waals surface area contributed by atoms with E-state index in [-0.39, 0.29) is 17.4 Å². The molecular formula is C16H22N2O2. The largest absolute Gasteiger partial charge is 0.497 e. The number of amides is 1. The van der Waals surface area contributed by atoms with Crippen molar-refractivity contribution < 1.29 is 9.53 Å². The van der Waals surface area contributed by atoms with Gasteiger partial charge in [-0.05, 0) is 49.5 Å². The second kappa shape index (κ2) is 5.09. The third kappa shape index (κ3) is 2.40. The molecule has 1 aliphatic heterocycles. The number of hydrogen-bond donors (Lipinski definition) is 2. The van der Waals surface area contributed by atoms with Gasteiger partial charge in [0.15, 0.2) is 0 Å². The zero-order valence-electron chi connectivity index (χ0n) is 12.1. The first-order chi connectivity index (χ1) is 9.64. The Kier molecular flexibility index (Phi) is 3.42. The molecule has 0 spiro atoms. The zero-order valence-corrected chi connectivity index (χ0v) is 12.1. The van der Waals surface area contributed by atoms with Crippen molar-refractivity contribution in [2.24, 2.45) is 11.8 Å². The van der Waals surface area contributed by atoms with E-state index in [9.17, 15) is 4.79 Å². The lowest BCUT2D eigenvalue weighted by atomic mass is 9.88. The van der Waals surface area contributed by atoms with Gasteiger partial charge in [-0.3, -0.25) is 4.79 Å². The van der Waals surface area contributed by atoms with E-state index in [2.05, 4.69) is 22.8 Å². The van der Waals surface area contributed by atoms with Crippen LogP contribution in [0.1, 0.15) is 25.3 Å². The van der Waals surface area contributed by atoms with Crippen LogP contribution in [-0.2, 0) is 10.3 Å². The smallest absolute Gasteiger partial charge is 0.223 e. The van der Waals surface area contributed by atoms with Crippen LogP contribution >= 0.6 is 0 Å². The highest BCUT2D eigenvalue weighted by Crippen LogP contribution is 2.46. The van der Waals surface area contributed by atoms with Crippen molar-refractivity contribution in [3.63, 3.8) is 0 Å². The maximum atomic E-state index is 12.4. The molecule has 0 aromatic heterocycles. The summed E-state index contributed by atoms with van der Waals surface area (Å²) < 4.78 is 5.18. The third-order valence-corrected chi connectivity index (χ3v) is 4.69. The zero-order chi connectivity index (χ0) is 14.2. The highest BCUT2D eigenvalue weighted by Gasteiger charge is 2.46. The maximum Gasteiger partial charge on any atom is 0.223 e. The molecule has 1 heterocycles. The molecule has 0 radical (unpaired) electrons. The minimum absolute atomic E-state index is 0.0898. The molecule has 2 aliphatic rings. The van der Waals surface area contributed by atoms with E-state index in [4.69, 9.17) is 4.74 Å². The summed E-state index contributed by atoms with van der Waals surface area (Å²) in [5.41, 5.74) is 1.06. The van der Waals surface area contributed by atoms with Gasteiger partial charge < -0.3 is 15.4 Å². The third-order valence-electron chi connectivity index (χ3n) is 4.69. The highest BCUT2D eigenvalue weighted by molar-refractivity contribution is 5.80. The van der Waals surface area contributed by atoms with Gasteiger partial charge in [0.2, 0.25) is 5.91 Å². The summed E-state index contributed by atoms with van der Waals surface area (Å²) >= 11 is 0. The van der Waals surface area contributed by atoms with Crippen LogP contribution in [0.3, 0.4) is 0 Å². The maximum absolute atomic E-state index is 12.4. The number of carbonyl (C=O) groups is 1. The van der Waals surface area contributed by atoms with Crippen molar-refractivity contribution in [1.82, 2.24) is 10.6 Å². The van der Waals surface area contributed by atoms with Gasteiger partial charge in [-0.25, -0.2) is 0 Å². The molecule has 1 aromatic carbocycles. The molecule has 1 saturated heterocycles. The number of nitrogens with one attached hydrogen (secondary N) is 2. The number of ether oxygens (including phenoxy) is 1. The Morgan fingerprint density at radius 2 is 2.00 bits per heavy atom. The molecule has 1 aromatic rings. The summed E-state index contributed by atoms with van der Waals surface area (Å²) in [4.78, 5) is 12.4. The van der Waals surface area contributed by atoms with Gasteiger partial charge in [-0.1, -0.05) is 19.1 Å². The van der Waals surface area contributed by atoms with Gasteiger partial charge in [0.05, 0.1) is 12.6 Å². The second-order valence-electron chi connectivity index (χ2n) is 6.01. The van der Waals surface area contributed by atoms with Crippen molar-refractivity contribution in [3.05, 3.63) is 29.8 Å². The summed E-state index contributed by atoms with van der Waals surface area (Å²) in [6.45, 7) is 3.96. The van der Waals surface area contributed by atoms with Crippen LogP contribution in [0, 0.1) is 11.8 Å². The first-order valence-electron chi connectivity index (χ1n) is 7.32. The average Bonchev–Trinajstić information content (AvgIpc) is 3.17. The van der Waals surface area contributed by atoms with Crippen molar-refractivity contribution in [1.29, 1.82) is 0 Å². The molecule has 20 heavy (non-hydrogen) atoms. The average molecular weight is 274 g/mol. The summed E-state index contributed by atoms with van der Waals surface area (Å²) in [7, 11) is 1.66. The molecule has 2 N–H and O–H groups in total. The highest BCUT2D eigenvalue weighted by atomic mass is 16.5. The molecule has 0 bridgehead atoms. The predicted octanol–water partition coefficient (Wildman–Crippen LogP) is 1.66. The summed E-state index contributed by atoms with van der Waals surface area (Å²) in [6.07, 6.45) is 2.06. The first-order valence-corrected chi connectivity index (χ1v) is 7.32. The molecule has 1 aliphatic carbocycles. The fourth-order valence-electron chi connectivity index (χ4n) is 2.75. The van der Waals surface area contributed by atoms with Gasteiger partial charge >= 0.3 is 0 Å². The van der Waals surface area contributed by atoms with Gasteiger partial charge in [-0.2, -0.15) is 0 Å². The molecule has 108 valence electrons. The van der Waals surface area contributed by atoms with Crippen LogP contribution in [0.25, 0.3) is 0 Å². The van der Waals surface area contributed by atoms with E-state index in [1.54, 1.807) is 7.11 Å². The normalized spacial score (nSPS) is 21.7. The van der Waals surface area contributed by atoms with E-state index in [1.165, 1.54) is 5.56 Å². The van der Waals surface area contributed by atoms with Crippen LogP contribution in [0.15, 0.2) is 24.3 Å². The molecule has 1 amide bonds. The molecule has 3 rings (SSSR count). The Hall–Kier alpha value is -1.55. The molecule has 4 nitrogen and oxygen atoms in total. The number of carbonyl (C=O) groups excluding carboxylic acids is 1. The molecule has 1 saturated carbocycles. The monoisotopic (exact) mass is 274 g/mol. The number of benzene rings is 1. The summed E-state index contributed by atoms with van der Waals surface area (Å²) in [5.74, 6) is 1.61. The molecule has 1 unspecified atom stereocenters. The first kappa shape index (κ1) is 13.4. The van der Waals surface area contributed by atoms with Gasteiger partial charge in [0.25, 0.3) is 0 Å². The fraction of sp³-hybridized carbons (Fsp3) is 0.562. The lowest BCUT2D eigenvalue weighted by Crippen LogP contribution is -2.51. The molecule has 1 atom stereocenters. The van der Waals surface area contributed by atoms with Crippen molar-refractivity contribution in [2.75, 3.05) is 20.2 Å². The quantitative estimate of drug-likeness (QED) is 0.858. The second-order valence-corrected chi connectivity index (χ2v) is 6.01. The minimum atomic E-state index is -0.130. The molecular weight excluding hydrogens is 252 g/mol. The Morgan fingerprint density at radius 3 is 2.45 bits per heavy atom. The minimum Gasteiger partial charge on any atom is -0.497 e. The topological polar surface area (TPSA) is 50.4 Å². The Morgan fingerprint density at radius 1 is 1.35 bits per heavy atom. The van der Waals surface area contributed by atoms with E-state index in [1.807, 2.05) is 19.1 Å². The predicted molar refractivity (Wildman–Crippen MR) is 77.6 cm³/mol. The summed E-state index contributed by atoms with van der Waals surface area (Å²) in [6, 6.07) is 8.03. The van der Waals surface area contributed by atoms with Gasteiger partial charge in [0, 0.05) is 5.92 Å². The van der Waals surface area contributed by atoms with E-state index in [0.29, 0.717) is 5.92 Å². The lowest BCUT2D eigenvalue weighted by molar-refractivity contribution is -0.127. The number of rotatable bonds is 5. The Labute approximate surface area is 119 Å². The standard InChI is InChI=1S/C16H22N2O2/c1-11(12-9-17-10-12)15(19)18-16(7-8-16)13-3-5-14(20-2)6-4-13/h3-6,11-12,17H,7-10H2,1-2H3,(H,18,19). The Bertz CT molecular complexity index is 490. The van der Waals surface area contributed by atoms with E-state index in [0.717, 1.165) is 31.7 Å². The van der Waals surface area contributed by atoms with Gasteiger partial charge in [-0.15, -0.1) is 0 Å². The number of methoxy groups -OCH3 is 1. The van der Waals surface area contributed by atoms with Crippen molar-refractivity contribution in [3.8, 4) is 5.75 Å². The van der Waals surface area contributed by atoms with Crippen LogP contribution < -0.4 is 15.4 Å². The molecule has 2 fully saturated rings. The number of hydrogen-bond acceptors (Lipinski definition) is 3. The van der Waals surface area contributed by atoms with E-state index < -0.39 is 0 Å². The van der Waals surface area contributed by atoms with Crippen LogP contribution in [-0.4, -0.2) is 26.1 Å². The SMILES string of the molecule is COc1ccc(C2(NC(=O)C(C)C3CNC3)CC2)cc1. The lowest BCUT2D eigenvalue weighted by Gasteiger charge is -2.33. The fourth-order valence-corrected chi connectivity index (χ4v) is 2.75. The van der Waals surface area contributed by atoms with Gasteiger partial charge in [0.1, 0.15) is 5.75 Å². The molecule has 4 heteroatoms. The van der Waals surface area contributed by atoms with Crippen molar-refractivity contribution in [2.45, 2.75) is 25.3 Å². The van der Waals surface area contributed by atoms with E-state index >= 15 is 0 Å². The Balaban J connectivity index is 1.67. The van der Waals surface area contributed by atoms with Crippen LogP contribution in [0.5, 0.6) is 5.75 Å². The van der Waals surface area contributed by atoms with Crippen molar-refractivity contribution >= 4 is 5.91 Å². The van der Waals surface area contributed by atoms with Crippen LogP contribution in [0.4, 0.5) is 0 Å².